The Bertz CT molecular complexity index is 289. The lowest BCUT2D eigenvalue weighted by atomic mass is 10.1. The lowest BCUT2D eigenvalue weighted by molar-refractivity contribution is -0.135. The summed E-state index contributed by atoms with van der Waals surface area (Å²) in [6.45, 7) is 4.86. The zero-order chi connectivity index (χ0) is 14.1. The lowest BCUT2D eigenvalue weighted by Gasteiger charge is -2.26. The summed E-state index contributed by atoms with van der Waals surface area (Å²) in [5.74, 6) is 0.0783. The summed E-state index contributed by atoms with van der Waals surface area (Å²) in [5.41, 5.74) is 5.61. The van der Waals surface area contributed by atoms with Gasteiger partial charge in [-0.3, -0.25) is 9.59 Å². The number of carbonyl (C=O) groups excluding carboxylic acids is 2. The van der Waals surface area contributed by atoms with Gasteiger partial charge in [-0.15, -0.1) is 0 Å². The first-order valence-electron chi connectivity index (χ1n) is 6.97. The zero-order valence-electron chi connectivity index (χ0n) is 11.7. The number of hydrogen-bond acceptors (Lipinski definition) is 4. The van der Waals surface area contributed by atoms with Gasteiger partial charge in [-0.1, -0.05) is 0 Å². The monoisotopic (exact) mass is 271 g/mol. The summed E-state index contributed by atoms with van der Waals surface area (Å²) in [7, 11) is 0. The van der Waals surface area contributed by atoms with E-state index in [-0.39, 0.29) is 17.9 Å². The van der Waals surface area contributed by atoms with Crippen LogP contribution < -0.4 is 11.1 Å². The molecule has 0 aromatic heterocycles. The fourth-order valence-corrected chi connectivity index (χ4v) is 1.95. The summed E-state index contributed by atoms with van der Waals surface area (Å²) in [5, 5.41) is 2.77. The number of rotatable bonds is 7. The van der Waals surface area contributed by atoms with E-state index in [1.807, 2.05) is 6.92 Å². The van der Waals surface area contributed by atoms with Crippen LogP contribution in [0.4, 0.5) is 0 Å². The van der Waals surface area contributed by atoms with Crippen molar-refractivity contribution >= 4 is 11.8 Å². The predicted molar refractivity (Wildman–Crippen MR) is 72.5 cm³/mol. The number of amides is 2. The Morgan fingerprint density at radius 2 is 2.00 bits per heavy atom. The third-order valence-corrected chi connectivity index (χ3v) is 3.09. The molecule has 19 heavy (non-hydrogen) atoms. The Morgan fingerprint density at radius 3 is 2.63 bits per heavy atom. The number of carbonyl (C=O) groups is 2. The van der Waals surface area contributed by atoms with Gasteiger partial charge < -0.3 is 20.7 Å². The van der Waals surface area contributed by atoms with Gasteiger partial charge in [-0.2, -0.15) is 0 Å². The average Bonchev–Trinajstić information content (AvgIpc) is 2.39. The van der Waals surface area contributed by atoms with Gasteiger partial charge >= 0.3 is 0 Å². The first kappa shape index (κ1) is 15.9. The van der Waals surface area contributed by atoms with Crippen LogP contribution in [0.1, 0.15) is 32.6 Å². The molecule has 0 radical (unpaired) electrons. The summed E-state index contributed by atoms with van der Waals surface area (Å²) >= 11 is 0. The highest BCUT2D eigenvalue weighted by atomic mass is 16.5. The zero-order valence-corrected chi connectivity index (χ0v) is 11.7. The molecule has 1 aliphatic heterocycles. The summed E-state index contributed by atoms with van der Waals surface area (Å²) < 4.78 is 5.18. The van der Waals surface area contributed by atoms with Gasteiger partial charge in [0.05, 0.1) is 13.2 Å². The van der Waals surface area contributed by atoms with Crippen molar-refractivity contribution in [3.05, 3.63) is 0 Å². The van der Waals surface area contributed by atoms with Crippen molar-refractivity contribution in [1.82, 2.24) is 10.2 Å². The molecule has 2 amide bonds. The molecule has 6 nitrogen and oxygen atoms in total. The maximum atomic E-state index is 11.8. The molecule has 1 atom stereocenters. The Kier molecular flexibility index (Phi) is 7.43. The van der Waals surface area contributed by atoms with Crippen LogP contribution in [0.3, 0.4) is 0 Å². The van der Waals surface area contributed by atoms with E-state index in [1.54, 1.807) is 4.90 Å². The van der Waals surface area contributed by atoms with Crippen molar-refractivity contribution in [1.29, 1.82) is 0 Å². The van der Waals surface area contributed by atoms with E-state index in [0.29, 0.717) is 45.7 Å². The van der Waals surface area contributed by atoms with Gasteiger partial charge in [0, 0.05) is 38.5 Å². The van der Waals surface area contributed by atoms with Crippen LogP contribution in [0, 0.1) is 0 Å². The SMILES string of the molecule is CC(N)CCCC(=O)NCCC(=O)N1CCOCC1. The number of nitrogens with two attached hydrogens (primary N) is 1. The Labute approximate surface area is 114 Å². The first-order valence-corrected chi connectivity index (χ1v) is 6.97. The van der Waals surface area contributed by atoms with Crippen molar-refractivity contribution in [3.63, 3.8) is 0 Å². The molecule has 110 valence electrons. The average molecular weight is 271 g/mol. The lowest BCUT2D eigenvalue weighted by Crippen LogP contribution is -2.42. The van der Waals surface area contributed by atoms with E-state index in [4.69, 9.17) is 10.5 Å². The molecule has 1 saturated heterocycles. The molecular weight excluding hydrogens is 246 g/mol. The maximum absolute atomic E-state index is 11.8. The van der Waals surface area contributed by atoms with Crippen LogP contribution in [-0.4, -0.2) is 55.6 Å². The van der Waals surface area contributed by atoms with Crippen LogP contribution in [0.25, 0.3) is 0 Å². The van der Waals surface area contributed by atoms with Crippen molar-refractivity contribution in [3.8, 4) is 0 Å². The quantitative estimate of drug-likeness (QED) is 0.675. The molecule has 6 heteroatoms. The molecule has 0 spiro atoms. The molecule has 0 saturated carbocycles. The Hall–Kier alpha value is -1.14. The minimum Gasteiger partial charge on any atom is -0.378 e. The molecule has 1 aliphatic rings. The van der Waals surface area contributed by atoms with Crippen molar-refractivity contribution in [2.24, 2.45) is 5.73 Å². The topological polar surface area (TPSA) is 84.7 Å². The highest BCUT2D eigenvalue weighted by Crippen LogP contribution is 2.00. The maximum Gasteiger partial charge on any atom is 0.224 e. The second kappa shape index (κ2) is 8.87. The molecule has 1 fully saturated rings. The summed E-state index contributed by atoms with van der Waals surface area (Å²) in [4.78, 5) is 25.1. The normalized spacial score (nSPS) is 17.1. The summed E-state index contributed by atoms with van der Waals surface area (Å²) in [6, 6.07) is 0.135. The first-order chi connectivity index (χ1) is 9.09. The number of hydrogen-bond donors (Lipinski definition) is 2. The van der Waals surface area contributed by atoms with Gasteiger partial charge in [0.25, 0.3) is 0 Å². The van der Waals surface area contributed by atoms with Gasteiger partial charge in [0.2, 0.25) is 11.8 Å². The van der Waals surface area contributed by atoms with Crippen molar-refractivity contribution < 1.29 is 14.3 Å². The van der Waals surface area contributed by atoms with E-state index < -0.39 is 0 Å². The van der Waals surface area contributed by atoms with Crippen LogP contribution >= 0.6 is 0 Å². The van der Waals surface area contributed by atoms with Crippen LogP contribution in [0.5, 0.6) is 0 Å². The largest absolute Gasteiger partial charge is 0.378 e. The molecular formula is C13H25N3O3. The fourth-order valence-electron chi connectivity index (χ4n) is 1.95. The van der Waals surface area contributed by atoms with E-state index in [1.165, 1.54) is 0 Å². The number of morpholine rings is 1. The summed E-state index contributed by atoms with van der Waals surface area (Å²) in [6.07, 6.45) is 2.48. The number of nitrogens with one attached hydrogen (secondary N) is 1. The molecule has 0 aromatic rings. The van der Waals surface area contributed by atoms with Crippen LogP contribution in [-0.2, 0) is 14.3 Å². The minimum absolute atomic E-state index is 0.00423. The molecule has 1 rings (SSSR count). The van der Waals surface area contributed by atoms with Crippen molar-refractivity contribution in [2.45, 2.75) is 38.6 Å². The molecule has 0 aromatic carbocycles. The highest BCUT2D eigenvalue weighted by Gasteiger charge is 2.16. The Balaban J connectivity index is 2.05. The molecule has 1 unspecified atom stereocenters. The molecule has 3 N–H and O–H groups in total. The van der Waals surface area contributed by atoms with Crippen molar-refractivity contribution in [2.75, 3.05) is 32.8 Å². The van der Waals surface area contributed by atoms with E-state index in [9.17, 15) is 9.59 Å². The third kappa shape index (κ3) is 7.12. The Morgan fingerprint density at radius 1 is 1.32 bits per heavy atom. The van der Waals surface area contributed by atoms with Crippen LogP contribution in [0.15, 0.2) is 0 Å². The highest BCUT2D eigenvalue weighted by molar-refractivity contribution is 5.79. The smallest absolute Gasteiger partial charge is 0.224 e. The molecule has 0 bridgehead atoms. The van der Waals surface area contributed by atoms with Gasteiger partial charge in [0.15, 0.2) is 0 Å². The van der Waals surface area contributed by atoms with Crippen LogP contribution in [0.2, 0.25) is 0 Å². The predicted octanol–water partition coefficient (Wildman–Crippen LogP) is -0.131. The van der Waals surface area contributed by atoms with Gasteiger partial charge in [-0.05, 0) is 19.8 Å². The van der Waals surface area contributed by atoms with E-state index >= 15 is 0 Å². The fraction of sp³-hybridized carbons (Fsp3) is 0.846. The van der Waals surface area contributed by atoms with Gasteiger partial charge in [0.1, 0.15) is 0 Å². The third-order valence-electron chi connectivity index (χ3n) is 3.09. The minimum atomic E-state index is -0.00423. The van der Waals surface area contributed by atoms with E-state index in [2.05, 4.69) is 5.32 Å². The second-order valence-corrected chi connectivity index (χ2v) is 4.96. The number of ether oxygens (including phenoxy) is 1. The standard InChI is InChI=1S/C13H25N3O3/c1-11(14)3-2-4-12(17)15-6-5-13(18)16-7-9-19-10-8-16/h11H,2-10,14H2,1H3,(H,15,17). The number of nitrogens with zero attached hydrogens (tertiary/aromatic N) is 1. The molecule has 0 aliphatic carbocycles. The molecule has 1 heterocycles. The van der Waals surface area contributed by atoms with Gasteiger partial charge in [-0.25, -0.2) is 0 Å². The second-order valence-electron chi connectivity index (χ2n) is 4.96. The van der Waals surface area contributed by atoms with E-state index in [0.717, 1.165) is 12.8 Å².